The van der Waals surface area contributed by atoms with E-state index in [4.69, 9.17) is 0 Å². The maximum Gasteiger partial charge on any atom is 0.224 e. The molecule has 116 valence electrons. The molecular weight excluding hydrogens is 266 g/mol. The molecule has 0 radical (unpaired) electrons. The number of aromatic nitrogens is 2. The van der Waals surface area contributed by atoms with E-state index in [0.29, 0.717) is 18.5 Å². The Labute approximate surface area is 125 Å². The summed E-state index contributed by atoms with van der Waals surface area (Å²) < 4.78 is 0. The molecule has 1 aromatic heterocycles. The quantitative estimate of drug-likeness (QED) is 0.827. The first-order chi connectivity index (χ1) is 10.0. The van der Waals surface area contributed by atoms with Gasteiger partial charge in [-0.2, -0.15) is 5.10 Å². The van der Waals surface area contributed by atoms with Gasteiger partial charge in [-0.15, -0.1) is 0 Å². The van der Waals surface area contributed by atoms with Crippen molar-refractivity contribution in [1.29, 1.82) is 0 Å². The van der Waals surface area contributed by atoms with Gasteiger partial charge >= 0.3 is 0 Å². The molecule has 2 atom stereocenters. The highest BCUT2D eigenvalue weighted by Crippen LogP contribution is 2.21. The second kappa shape index (κ2) is 5.77. The lowest BCUT2D eigenvalue weighted by atomic mass is 10.1. The van der Waals surface area contributed by atoms with E-state index in [0.717, 1.165) is 49.6 Å². The first kappa shape index (κ1) is 14.5. The number of aromatic amines is 1. The van der Waals surface area contributed by atoms with Crippen LogP contribution in [0.15, 0.2) is 0 Å². The predicted molar refractivity (Wildman–Crippen MR) is 81.2 cm³/mol. The van der Waals surface area contributed by atoms with Gasteiger partial charge in [-0.1, -0.05) is 0 Å². The minimum absolute atomic E-state index is 0.112. The Hall–Kier alpha value is -1.40. The predicted octanol–water partition coefficient (Wildman–Crippen LogP) is 0.0735. The number of hydrogen-bond donors (Lipinski definition) is 2. The van der Waals surface area contributed by atoms with Crippen LogP contribution >= 0.6 is 0 Å². The number of H-pyrrole nitrogens is 1. The maximum absolute atomic E-state index is 12.3. The van der Waals surface area contributed by atoms with E-state index in [1.54, 1.807) is 0 Å². The Morgan fingerprint density at radius 2 is 2.19 bits per heavy atom. The van der Waals surface area contributed by atoms with Gasteiger partial charge in [0, 0.05) is 49.5 Å². The van der Waals surface area contributed by atoms with Crippen LogP contribution in [0.4, 0.5) is 0 Å². The van der Waals surface area contributed by atoms with Crippen molar-refractivity contribution in [2.45, 2.75) is 38.8 Å². The lowest BCUT2D eigenvalue weighted by Crippen LogP contribution is -2.48. The number of aryl methyl sites for hydroxylation is 2. The fourth-order valence-electron chi connectivity index (χ4n) is 3.58. The van der Waals surface area contributed by atoms with Crippen LogP contribution in [0.2, 0.25) is 0 Å². The summed E-state index contributed by atoms with van der Waals surface area (Å²) in [6.07, 6.45) is 1.49. The molecule has 0 saturated carbocycles. The Morgan fingerprint density at radius 1 is 1.38 bits per heavy atom. The molecule has 1 amide bonds. The summed E-state index contributed by atoms with van der Waals surface area (Å²) in [6.45, 7) is 8.27. The van der Waals surface area contributed by atoms with Crippen LogP contribution in [0.3, 0.4) is 0 Å². The number of nitrogens with one attached hydrogen (secondary N) is 2. The van der Waals surface area contributed by atoms with E-state index in [9.17, 15) is 4.79 Å². The van der Waals surface area contributed by atoms with Gasteiger partial charge in [0.05, 0.1) is 12.1 Å². The van der Waals surface area contributed by atoms with Crippen molar-refractivity contribution in [3.05, 3.63) is 17.0 Å². The smallest absolute Gasteiger partial charge is 0.224 e. The summed E-state index contributed by atoms with van der Waals surface area (Å²) in [4.78, 5) is 17.2. The van der Waals surface area contributed by atoms with E-state index >= 15 is 0 Å². The van der Waals surface area contributed by atoms with Gasteiger partial charge in [-0.25, -0.2) is 0 Å². The van der Waals surface area contributed by atoms with Crippen molar-refractivity contribution in [2.24, 2.45) is 0 Å². The molecule has 0 unspecified atom stereocenters. The number of likely N-dealkylation sites (N-methyl/N-ethyl adjacent to an activating group) is 1. The van der Waals surface area contributed by atoms with Gasteiger partial charge < -0.3 is 10.2 Å². The van der Waals surface area contributed by atoms with Gasteiger partial charge in [-0.05, 0) is 27.3 Å². The van der Waals surface area contributed by atoms with E-state index in [1.807, 2.05) is 13.8 Å². The molecule has 0 spiro atoms. The number of carbonyl (C=O) groups excluding carboxylic acids is 1. The molecule has 6 nitrogen and oxygen atoms in total. The SMILES string of the molecule is Cc1n[nH]c(C)c1CC(=O)N[C@H]1C[C@H]2CN(C)CCN2C1. The largest absolute Gasteiger partial charge is 0.352 e. The number of fused-ring (bicyclic) bond motifs is 1. The summed E-state index contributed by atoms with van der Waals surface area (Å²) in [5.74, 6) is 0.112. The van der Waals surface area contributed by atoms with Crippen molar-refractivity contribution < 1.29 is 4.79 Å². The highest BCUT2D eigenvalue weighted by molar-refractivity contribution is 5.79. The summed E-state index contributed by atoms with van der Waals surface area (Å²) in [7, 11) is 2.17. The number of rotatable bonds is 3. The fourth-order valence-corrected chi connectivity index (χ4v) is 3.58. The van der Waals surface area contributed by atoms with Crippen LogP contribution in [0, 0.1) is 13.8 Å². The van der Waals surface area contributed by atoms with Crippen LogP contribution < -0.4 is 5.32 Å². The second-order valence-electron chi connectivity index (χ2n) is 6.50. The molecule has 2 aliphatic rings. The number of piperazine rings is 1. The highest BCUT2D eigenvalue weighted by Gasteiger charge is 2.35. The molecule has 3 heterocycles. The monoisotopic (exact) mass is 291 g/mol. The summed E-state index contributed by atoms with van der Waals surface area (Å²) >= 11 is 0. The van der Waals surface area contributed by atoms with Crippen LogP contribution in [-0.2, 0) is 11.2 Å². The third kappa shape index (κ3) is 3.11. The van der Waals surface area contributed by atoms with E-state index in [2.05, 4.69) is 32.4 Å². The number of amides is 1. The van der Waals surface area contributed by atoms with Crippen LogP contribution in [0.5, 0.6) is 0 Å². The summed E-state index contributed by atoms with van der Waals surface area (Å²) in [5, 5.41) is 10.3. The average Bonchev–Trinajstić information content (AvgIpc) is 2.95. The molecular formula is C15H25N5O. The Kier molecular flexibility index (Phi) is 3.99. The van der Waals surface area contributed by atoms with Gasteiger partial charge in [0.15, 0.2) is 0 Å². The van der Waals surface area contributed by atoms with Gasteiger partial charge in [0.2, 0.25) is 5.91 Å². The normalized spacial score (nSPS) is 26.8. The number of nitrogens with zero attached hydrogens (tertiary/aromatic N) is 3. The minimum Gasteiger partial charge on any atom is -0.352 e. The van der Waals surface area contributed by atoms with Crippen LogP contribution in [-0.4, -0.2) is 71.2 Å². The van der Waals surface area contributed by atoms with Gasteiger partial charge in [0.1, 0.15) is 0 Å². The lowest BCUT2D eigenvalue weighted by Gasteiger charge is -2.34. The van der Waals surface area contributed by atoms with Crippen molar-refractivity contribution >= 4 is 5.91 Å². The number of hydrogen-bond acceptors (Lipinski definition) is 4. The second-order valence-corrected chi connectivity index (χ2v) is 6.50. The Balaban J connectivity index is 1.54. The maximum atomic E-state index is 12.3. The van der Waals surface area contributed by atoms with Crippen molar-refractivity contribution in [1.82, 2.24) is 25.3 Å². The lowest BCUT2D eigenvalue weighted by molar-refractivity contribution is -0.121. The van der Waals surface area contributed by atoms with Crippen LogP contribution in [0.25, 0.3) is 0 Å². The Morgan fingerprint density at radius 3 is 2.90 bits per heavy atom. The Bertz CT molecular complexity index is 507. The molecule has 6 heteroatoms. The third-order valence-corrected chi connectivity index (χ3v) is 4.80. The van der Waals surface area contributed by atoms with Crippen molar-refractivity contribution in [3.63, 3.8) is 0 Å². The van der Waals surface area contributed by atoms with Crippen molar-refractivity contribution in [2.75, 3.05) is 33.2 Å². The summed E-state index contributed by atoms with van der Waals surface area (Å²) in [5.41, 5.74) is 2.95. The molecule has 2 N–H and O–H groups in total. The third-order valence-electron chi connectivity index (χ3n) is 4.80. The molecule has 21 heavy (non-hydrogen) atoms. The zero-order valence-corrected chi connectivity index (χ0v) is 13.1. The summed E-state index contributed by atoms with van der Waals surface area (Å²) in [6, 6.07) is 0.896. The first-order valence-electron chi connectivity index (χ1n) is 7.75. The molecule has 1 aromatic rings. The zero-order chi connectivity index (χ0) is 15.0. The zero-order valence-electron chi connectivity index (χ0n) is 13.1. The van der Waals surface area contributed by atoms with Crippen LogP contribution in [0.1, 0.15) is 23.4 Å². The van der Waals surface area contributed by atoms with Gasteiger partial charge in [0.25, 0.3) is 0 Å². The molecule has 0 aromatic carbocycles. The minimum atomic E-state index is 0.112. The van der Waals surface area contributed by atoms with Crippen molar-refractivity contribution in [3.8, 4) is 0 Å². The molecule has 3 rings (SSSR count). The van der Waals surface area contributed by atoms with E-state index in [1.165, 1.54) is 0 Å². The van der Waals surface area contributed by atoms with E-state index < -0.39 is 0 Å². The van der Waals surface area contributed by atoms with Gasteiger partial charge in [-0.3, -0.25) is 14.8 Å². The molecule has 0 bridgehead atoms. The topological polar surface area (TPSA) is 64.3 Å². The molecule has 0 aliphatic carbocycles. The standard InChI is InChI=1S/C15H25N5O/c1-10-14(11(2)18-17-10)7-15(21)16-12-6-13-9-19(3)4-5-20(13)8-12/h12-13H,4-9H2,1-3H3,(H,16,21)(H,17,18)/t12-,13-/m0/s1. The fraction of sp³-hybridized carbons (Fsp3) is 0.733. The first-order valence-corrected chi connectivity index (χ1v) is 7.75. The average molecular weight is 291 g/mol. The molecule has 2 aliphatic heterocycles. The number of carbonyl (C=O) groups is 1. The highest BCUT2D eigenvalue weighted by atomic mass is 16.1. The van der Waals surface area contributed by atoms with E-state index in [-0.39, 0.29) is 5.91 Å². The molecule has 2 fully saturated rings. The molecule has 2 saturated heterocycles.